The summed E-state index contributed by atoms with van der Waals surface area (Å²) in [4.78, 5) is 26.2. The highest BCUT2D eigenvalue weighted by atomic mass is 16.5. The van der Waals surface area contributed by atoms with Crippen molar-refractivity contribution in [3.05, 3.63) is 60.7 Å². The van der Waals surface area contributed by atoms with Gasteiger partial charge in [-0.15, -0.1) is 0 Å². The van der Waals surface area contributed by atoms with Gasteiger partial charge in [0.25, 0.3) is 0 Å². The maximum Gasteiger partial charge on any atom is 0.315 e. The van der Waals surface area contributed by atoms with Crippen LogP contribution in [0.2, 0.25) is 0 Å². The number of carbonyl (C=O) groups is 2. The largest absolute Gasteiger partial charge is 0.426 e. The van der Waals surface area contributed by atoms with E-state index in [1.807, 2.05) is 36.4 Å². The highest BCUT2D eigenvalue weighted by Gasteiger charge is 2.61. The summed E-state index contributed by atoms with van der Waals surface area (Å²) in [5.41, 5.74) is 0. The lowest BCUT2D eigenvalue weighted by Crippen LogP contribution is -2.36. The predicted molar refractivity (Wildman–Crippen MR) is 104 cm³/mol. The average molecular weight is 376 g/mol. The second-order valence-corrected chi connectivity index (χ2v) is 8.41. The summed E-state index contributed by atoms with van der Waals surface area (Å²) in [6.45, 7) is 0. The topological polar surface area (TPSA) is 52.6 Å². The number of ether oxygens (including phenoxy) is 2. The fourth-order valence-electron chi connectivity index (χ4n) is 5.99. The fraction of sp³-hybridized carbons (Fsp3) is 0.417. The Morgan fingerprint density at radius 2 is 1.29 bits per heavy atom. The van der Waals surface area contributed by atoms with Crippen LogP contribution in [0, 0.1) is 35.5 Å². The van der Waals surface area contributed by atoms with E-state index >= 15 is 0 Å². The van der Waals surface area contributed by atoms with E-state index in [4.69, 9.17) is 9.47 Å². The lowest BCUT2D eigenvalue weighted by Gasteiger charge is -2.28. The Hall–Kier alpha value is -2.62. The number of benzene rings is 2. The van der Waals surface area contributed by atoms with E-state index in [9.17, 15) is 9.59 Å². The van der Waals surface area contributed by atoms with Gasteiger partial charge in [0.1, 0.15) is 11.5 Å². The summed E-state index contributed by atoms with van der Waals surface area (Å²) in [5, 5.41) is 0. The molecule has 2 aromatic carbocycles. The maximum absolute atomic E-state index is 13.2. The number of para-hydroxylation sites is 2. The fourth-order valence-corrected chi connectivity index (χ4v) is 5.99. The molecule has 4 heteroatoms. The van der Waals surface area contributed by atoms with Gasteiger partial charge in [-0.05, 0) is 73.6 Å². The molecule has 0 amide bonds. The Kier molecular flexibility index (Phi) is 4.42. The summed E-state index contributed by atoms with van der Waals surface area (Å²) >= 11 is 0. The minimum atomic E-state index is -0.421. The standard InChI is InChI=1S/C24H24O4/c25-23(27-17-7-3-1-4-8-17)20-14-19-15-11-12-16(13-15)21(19)22(20)24(26)28-18-9-5-2-6-10-18/h1-10,15-16,19-22H,11-14H2. The molecule has 3 aliphatic rings. The van der Waals surface area contributed by atoms with Crippen molar-refractivity contribution in [2.24, 2.45) is 35.5 Å². The van der Waals surface area contributed by atoms with Crippen molar-refractivity contribution in [3.63, 3.8) is 0 Å². The van der Waals surface area contributed by atoms with Gasteiger partial charge >= 0.3 is 11.9 Å². The third-order valence-electron chi connectivity index (χ3n) is 7.03. The first kappa shape index (κ1) is 17.5. The first-order valence-corrected chi connectivity index (χ1v) is 10.2. The molecule has 3 saturated carbocycles. The molecule has 5 rings (SSSR count). The number of esters is 2. The quantitative estimate of drug-likeness (QED) is 0.582. The number of hydrogen-bond acceptors (Lipinski definition) is 4. The second kappa shape index (κ2) is 7.08. The summed E-state index contributed by atoms with van der Waals surface area (Å²) in [6, 6.07) is 18.3. The Labute approximate surface area is 164 Å². The van der Waals surface area contributed by atoms with Crippen LogP contribution in [0.5, 0.6) is 11.5 Å². The Morgan fingerprint density at radius 1 is 0.714 bits per heavy atom. The highest BCUT2D eigenvalue weighted by molar-refractivity contribution is 5.85. The lowest BCUT2D eigenvalue weighted by molar-refractivity contribution is -0.151. The van der Waals surface area contributed by atoms with Crippen LogP contribution < -0.4 is 9.47 Å². The molecule has 0 radical (unpaired) electrons. The predicted octanol–water partition coefficient (Wildman–Crippen LogP) is 4.50. The van der Waals surface area contributed by atoms with E-state index < -0.39 is 11.8 Å². The van der Waals surface area contributed by atoms with Gasteiger partial charge in [0.15, 0.2) is 0 Å². The zero-order valence-corrected chi connectivity index (χ0v) is 15.7. The minimum Gasteiger partial charge on any atom is -0.426 e. The average Bonchev–Trinajstić information content (AvgIpc) is 3.41. The van der Waals surface area contributed by atoms with Crippen molar-refractivity contribution in [1.29, 1.82) is 0 Å². The summed E-state index contributed by atoms with van der Waals surface area (Å²) < 4.78 is 11.3. The van der Waals surface area contributed by atoms with Crippen molar-refractivity contribution in [1.82, 2.24) is 0 Å². The Balaban J connectivity index is 1.40. The van der Waals surface area contributed by atoms with Crippen LogP contribution in [0.3, 0.4) is 0 Å². The number of fused-ring (bicyclic) bond motifs is 5. The van der Waals surface area contributed by atoms with E-state index in [2.05, 4.69) is 0 Å². The van der Waals surface area contributed by atoms with Gasteiger partial charge < -0.3 is 9.47 Å². The second-order valence-electron chi connectivity index (χ2n) is 8.41. The normalized spacial score (nSPS) is 32.7. The molecule has 2 aromatic rings. The summed E-state index contributed by atoms with van der Waals surface area (Å²) in [6.07, 6.45) is 4.34. The SMILES string of the molecule is O=C(Oc1ccccc1)C1CC2C3CCC(C3)C2C1C(=O)Oc1ccccc1. The first-order chi connectivity index (χ1) is 13.7. The summed E-state index contributed by atoms with van der Waals surface area (Å²) in [7, 11) is 0. The Bertz CT molecular complexity index is 863. The molecule has 3 fully saturated rings. The monoisotopic (exact) mass is 376 g/mol. The molecule has 6 atom stereocenters. The van der Waals surface area contributed by atoms with Crippen LogP contribution in [0.4, 0.5) is 0 Å². The first-order valence-electron chi connectivity index (χ1n) is 10.2. The molecule has 0 N–H and O–H groups in total. The Morgan fingerprint density at radius 3 is 1.93 bits per heavy atom. The molecule has 0 saturated heterocycles. The van der Waals surface area contributed by atoms with Gasteiger partial charge in [-0.3, -0.25) is 9.59 Å². The van der Waals surface area contributed by atoms with Gasteiger partial charge in [0.2, 0.25) is 0 Å². The molecule has 0 aliphatic heterocycles. The van der Waals surface area contributed by atoms with Gasteiger partial charge in [-0.25, -0.2) is 0 Å². The van der Waals surface area contributed by atoms with Crippen molar-refractivity contribution >= 4 is 11.9 Å². The van der Waals surface area contributed by atoms with Crippen LogP contribution in [0.1, 0.15) is 25.7 Å². The molecular formula is C24H24O4. The molecule has 6 unspecified atom stereocenters. The van der Waals surface area contributed by atoms with E-state index in [-0.39, 0.29) is 17.9 Å². The van der Waals surface area contributed by atoms with Gasteiger partial charge in [0.05, 0.1) is 11.8 Å². The van der Waals surface area contributed by atoms with Crippen molar-refractivity contribution < 1.29 is 19.1 Å². The van der Waals surface area contributed by atoms with Crippen LogP contribution in [0.25, 0.3) is 0 Å². The zero-order valence-electron chi connectivity index (χ0n) is 15.7. The van der Waals surface area contributed by atoms with Crippen molar-refractivity contribution in [2.45, 2.75) is 25.7 Å². The molecule has 28 heavy (non-hydrogen) atoms. The highest BCUT2D eigenvalue weighted by Crippen LogP contribution is 2.62. The maximum atomic E-state index is 13.2. The molecule has 4 nitrogen and oxygen atoms in total. The van der Waals surface area contributed by atoms with Crippen molar-refractivity contribution in [2.75, 3.05) is 0 Å². The molecule has 144 valence electrons. The molecule has 0 aromatic heterocycles. The number of carbonyl (C=O) groups excluding carboxylic acids is 2. The van der Waals surface area contributed by atoms with Crippen LogP contribution in [0.15, 0.2) is 60.7 Å². The third kappa shape index (κ3) is 3.01. The van der Waals surface area contributed by atoms with E-state index in [0.29, 0.717) is 29.3 Å². The smallest absolute Gasteiger partial charge is 0.315 e. The van der Waals surface area contributed by atoms with E-state index in [1.165, 1.54) is 19.3 Å². The minimum absolute atomic E-state index is 0.253. The summed E-state index contributed by atoms with van der Waals surface area (Å²) in [5.74, 6) is 1.55. The molecule has 0 heterocycles. The van der Waals surface area contributed by atoms with Crippen LogP contribution in [-0.2, 0) is 9.59 Å². The van der Waals surface area contributed by atoms with Gasteiger partial charge in [0, 0.05) is 0 Å². The van der Waals surface area contributed by atoms with Gasteiger partial charge in [-0.1, -0.05) is 36.4 Å². The number of hydrogen-bond donors (Lipinski definition) is 0. The molecule has 3 aliphatic carbocycles. The molecule has 2 bridgehead atoms. The zero-order chi connectivity index (χ0) is 19.1. The molecule has 0 spiro atoms. The van der Waals surface area contributed by atoms with Crippen molar-refractivity contribution in [3.8, 4) is 11.5 Å². The van der Waals surface area contributed by atoms with E-state index in [1.54, 1.807) is 24.3 Å². The van der Waals surface area contributed by atoms with E-state index in [0.717, 1.165) is 6.42 Å². The number of rotatable bonds is 4. The third-order valence-corrected chi connectivity index (χ3v) is 7.03. The van der Waals surface area contributed by atoms with Gasteiger partial charge in [-0.2, -0.15) is 0 Å². The lowest BCUT2D eigenvalue weighted by atomic mass is 9.77. The van der Waals surface area contributed by atoms with Crippen LogP contribution in [-0.4, -0.2) is 11.9 Å². The van der Waals surface area contributed by atoms with Crippen LogP contribution >= 0.6 is 0 Å². The molecular weight excluding hydrogens is 352 g/mol.